The second-order valence-corrected chi connectivity index (χ2v) is 9.80. The van der Waals surface area contributed by atoms with E-state index in [0.29, 0.717) is 34.7 Å². The van der Waals surface area contributed by atoms with Crippen LogP contribution in [0.5, 0.6) is 0 Å². The Morgan fingerprint density at radius 3 is 2.46 bits per heavy atom. The summed E-state index contributed by atoms with van der Waals surface area (Å²) in [5.41, 5.74) is 3.21. The Kier molecular flexibility index (Phi) is 7.13. The number of likely N-dealkylation sites (tertiary alicyclic amines) is 1. The summed E-state index contributed by atoms with van der Waals surface area (Å²) in [4.78, 5) is 38.9. The first-order valence-corrected chi connectivity index (χ1v) is 12.6. The molecule has 3 aromatic rings. The summed E-state index contributed by atoms with van der Waals surface area (Å²) in [6.45, 7) is 4.48. The number of ether oxygens (including phenoxy) is 1. The summed E-state index contributed by atoms with van der Waals surface area (Å²) in [7, 11) is 0. The van der Waals surface area contributed by atoms with Crippen molar-refractivity contribution in [3.63, 3.8) is 0 Å². The smallest absolute Gasteiger partial charge is 0.410 e. The zero-order chi connectivity index (χ0) is 24.4. The van der Waals surface area contributed by atoms with Gasteiger partial charge in [-0.15, -0.1) is 0 Å². The lowest BCUT2D eigenvalue weighted by atomic mass is 10.0. The van der Waals surface area contributed by atoms with Gasteiger partial charge in [0.15, 0.2) is 0 Å². The highest BCUT2D eigenvalue weighted by Crippen LogP contribution is 2.24. The Morgan fingerprint density at radius 2 is 1.71 bits per heavy atom. The quantitative estimate of drug-likeness (QED) is 0.555. The molecule has 0 aliphatic carbocycles. The van der Waals surface area contributed by atoms with E-state index in [-0.39, 0.29) is 18.6 Å². The van der Waals surface area contributed by atoms with E-state index in [9.17, 15) is 9.59 Å². The fourth-order valence-electron chi connectivity index (χ4n) is 4.82. The lowest BCUT2D eigenvalue weighted by Gasteiger charge is -2.42. The zero-order valence-electron chi connectivity index (χ0n) is 19.3. The predicted octanol–water partition coefficient (Wildman–Crippen LogP) is 4.43. The SMILES string of the molecule is O=C(OCc1ccc(Cl)c(Cl)c1)N1CCN(C2CCN(C(=O)c3ccc4[nH]cnc4c3)CC2)CC1. The van der Waals surface area contributed by atoms with E-state index in [0.717, 1.165) is 55.6 Å². The lowest BCUT2D eigenvalue weighted by Crippen LogP contribution is -2.54. The Morgan fingerprint density at radius 1 is 0.943 bits per heavy atom. The summed E-state index contributed by atoms with van der Waals surface area (Å²) < 4.78 is 5.46. The molecule has 5 rings (SSSR count). The number of benzene rings is 2. The number of piperidine rings is 1. The van der Waals surface area contributed by atoms with Gasteiger partial charge in [-0.1, -0.05) is 29.3 Å². The number of carbonyl (C=O) groups excluding carboxylic acids is 2. The molecular weight excluding hydrogens is 489 g/mol. The molecule has 2 aliphatic heterocycles. The number of imidazole rings is 1. The van der Waals surface area contributed by atoms with Gasteiger partial charge < -0.3 is 19.5 Å². The number of fused-ring (bicyclic) bond motifs is 1. The summed E-state index contributed by atoms with van der Waals surface area (Å²) >= 11 is 12.0. The van der Waals surface area contributed by atoms with E-state index >= 15 is 0 Å². The van der Waals surface area contributed by atoms with E-state index in [1.165, 1.54) is 0 Å². The summed E-state index contributed by atoms with van der Waals surface area (Å²) in [6, 6.07) is 11.2. The highest BCUT2D eigenvalue weighted by Gasteiger charge is 2.31. The molecule has 0 radical (unpaired) electrons. The molecule has 2 aromatic carbocycles. The van der Waals surface area contributed by atoms with Gasteiger partial charge in [0.25, 0.3) is 5.91 Å². The molecule has 0 bridgehead atoms. The fourth-order valence-corrected chi connectivity index (χ4v) is 5.14. The normalized spacial score (nSPS) is 17.7. The van der Waals surface area contributed by atoms with Crippen LogP contribution in [0.2, 0.25) is 10.0 Å². The van der Waals surface area contributed by atoms with Crippen molar-refractivity contribution in [1.29, 1.82) is 0 Å². The van der Waals surface area contributed by atoms with Gasteiger partial charge in [-0.05, 0) is 48.7 Å². The molecule has 10 heteroatoms. The average Bonchev–Trinajstić information content (AvgIpc) is 3.37. The number of nitrogens with zero attached hydrogens (tertiary/aromatic N) is 4. The van der Waals surface area contributed by atoms with Crippen LogP contribution < -0.4 is 0 Å². The van der Waals surface area contributed by atoms with E-state index in [4.69, 9.17) is 27.9 Å². The minimum atomic E-state index is -0.315. The number of amides is 2. The van der Waals surface area contributed by atoms with E-state index in [1.807, 2.05) is 23.1 Å². The van der Waals surface area contributed by atoms with Crippen molar-refractivity contribution in [2.24, 2.45) is 0 Å². The van der Waals surface area contributed by atoms with Crippen LogP contribution >= 0.6 is 23.2 Å². The molecule has 3 heterocycles. The molecular formula is C25H27Cl2N5O3. The number of halogens is 2. The Hall–Kier alpha value is -2.81. The van der Waals surface area contributed by atoms with Crippen LogP contribution in [-0.2, 0) is 11.3 Å². The number of nitrogens with one attached hydrogen (secondary N) is 1. The molecule has 0 unspecified atom stereocenters. The number of hydrogen-bond acceptors (Lipinski definition) is 5. The molecule has 2 aliphatic rings. The molecule has 1 N–H and O–H groups in total. The second-order valence-electron chi connectivity index (χ2n) is 8.98. The van der Waals surface area contributed by atoms with Gasteiger partial charge in [0.1, 0.15) is 6.61 Å². The third-order valence-corrected chi connectivity index (χ3v) is 7.59. The number of rotatable bonds is 4. The minimum Gasteiger partial charge on any atom is -0.445 e. The first kappa shape index (κ1) is 23.9. The summed E-state index contributed by atoms with van der Waals surface area (Å²) in [6.07, 6.45) is 3.18. The maximum Gasteiger partial charge on any atom is 0.410 e. The van der Waals surface area contributed by atoms with Crippen molar-refractivity contribution < 1.29 is 14.3 Å². The summed E-state index contributed by atoms with van der Waals surface area (Å²) in [5, 5.41) is 0.920. The van der Waals surface area contributed by atoms with Crippen LogP contribution in [0.1, 0.15) is 28.8 Å². The zero-order valence-corrected chi connectivity index (χ0v) is 20.8. The molecule has 35 heavy (non-hydrogen) atoms. The molecule has 2 amide bonds. The van der Waals surface area contributed by atoms with Crippen molar-refractivity contribution in [3.05, 3.63) is 63.9 Å². The number of aromatic nitrogens is 2. The average molecular weight is 516 g/mol. The minimum absolute atomic E-state index is 0.0582. The first-order valence-electron chi connectivity index (χ1n) is 11.8. The number of H-pyrrole nitrogens is 1. The maximum atomic E-state index is 13.0. The molecule has 1 aromatic heterocycles. The van der Waals surface area contributed by atoms with Gasteiger partial charge in [0, 0.05) is 50.9 Å². The fraction of sp³-hybridized carbons (Fsp3) is 0.400. The van der Waals surface area contributed by atoms with Crippen LogP contribution in [0.3, 0.4) is 0 Å². The van der Waals surface area contributed by atoms with Crippen LogP contribution in [0, 0.1) is 0 Å². The van der Waals surface area contributed by atoms with Crippen LogP contribution in [0.25, 0.3) is 11.0 Å². The van der Waals surface area contributed by atoms with Gasteiger partial charge in [-0.2, -0.15) is 0 Å². The van der Waals surface area contributed by atoms with Crippen molar-refractivity contribution in [2.75, 3.05) is 39.3 Å². The molecule has 2 fully saturated rings. The molecule has 0 saturated carbocycles. The largest absolute Gasteiger partial charge is 0.445 e. The Bertz CT molecular complexity index is 1220. The van der Waals surface area contributed by atoms with Crippen molar-refractivity contribution in [2.45, 2.75) is 25.5 Å². The summed E-state index contributed by atoms with van der Waals surface area (Å²) in [5.74, 6) is 0.0582. The Balaban J connectivity index is 1.07. The third-order valence-electron chi connectivity index (χ3n) is 6.86. The molecule has 0 spiro atoms. The van der Waals surface area contributed by atoms with Crippen LogP contribution in [0.4, 0.5) is 4.79 Å². The van der Waals surface area contributed by atoms with Crippen LogP contribution in [0.15, 0.2) is 42.7 Å². The van der Waals surface area contributed by atoms with E-state index in [1.54, 1.807) is 29.4 Å². The molecule has 184 valence electrons. The number of aromatic amines is 1. The third kappa shape index (κ3) is 5.39. The topological polar surface area (TPSA) is 81.8 Å². The number of carbonyl (C=O) groups is 2. The van der Waals surface area contributed by atoms with Crippen molar-refractivity contribution >= 4 is 46.2 Å². The van der Waals surface area contributed by atoms with E-state index in [2.05, 4.69) is 14.9 Å². The van der Waals surface area contributed by atoms with Gasteiger partial charge >= 0.3 is 6.09 Å². The number of hydrogen-bond donors (Lipinski definition) is 1. The highest BCUT2D eigenvalue weighted by molar-refractivity contribution is 6.42. The van der Waals surface area contributed by atoms with E-state index < -0.39 is 0 Å². The molecule has 2 saturated heterocycles. The molecule has 0 atom stereocenters. The first-order chi connectivity index (χ1) is 17.0. The van der Waals surface area contributed by atoms with Gasteiger partial charge in [-0.25, -0.2) is 9.78 Å². The van der Waals surface area contributed by atoms with Gasteiger partial charge in [0.2, 0.25) is 0 Å². The Labute approximate surface area is 213 Å². The van der Waals surface area contributed by atoms with Crippen LogP contribution in [-0.4, -0.2) is 82.0 Å². The standard InChI is InChI=1S/C25H27Cl2N5O3/c26-20-3-1-17(13-21(20)27)15-35-25(34)32-11-9-30(10-12-32)19-5-7-31(8-6-19)24(33)18-2-4-22-23(14-18)29-16-28-22/h1-4,13-14,16,19H,5-12,15H2,(H,28,29). The van der Waals surface area contributed by atoms with Crippen molar-refractivity contribution in [3.8, 4) is 0 Å². The van der Waals surface area contributed by atoms with Crippen molar-refractivity contribution in [1.82, 2.24) is 24.7 Å². The predicted molar refractivity (Wildman–Crippen MR) is 135 cm³/mol. The number of piperazine rings is 1. The monoisotopic (exact) mass is 515 g/mol. The van der Waals surface area contributed by atoms with Gasteiger partial charge in [0.05, 0.1) is 27.4 Å². The maximum absolute atomic E-state index is 13.0. The second kappa shape index (κ2) is 10.4. The van der Waals surface area contributed by atoms with Gasteiger partial charge in [-0.3, -0.25) is 9.69 Å². The lowest BCUT2D eigenvalue weighted by molar-refractivity contribution is 0.0394. The molecule has 8 nitrogen and oxygen atoms in total. The highest BCUT2D eigenvalue weighted by atomic mass is 35.5.